The number of hydrogen-bond donors (Lipinski definition) is 1. The van der Waals surface area contributed by atoms with Crippen LogP contribution in [0.3, 0.4) is 0 Å². The predicted molar refractivity (Wildman–Crippen MR) is 83.1 cm³/mol. The van der Waals surface area contributed by atoms with Crippen molar-refractivity contribution in [1.29, 1.82) is 0 Å². The highest BCUT2D eigenvalue weighted by Crippen LogP contribution is 2.17. The summed E-state index contributed by atoms with van der Waals surface area (Å²) in [4.78, 5) is 0. The van der Waals surface area contributed by atoms with Gasteiger partial charge in [0.2, 0.25) is 0 Å². The molecular formula is C17H23FN2O. The van der Waals surface area contributed by atoms with Crippen LogP contribution >= 0.6 is 0 Å². The van der Waals surface area contributed by atoms with Crippen LogP contribution in [0.15, 0.2) is 36.7 Å². The van der Waals surface area contributed by atoms with Gasteiger partial charge in [0.25, 0.3) is 0 Å². The van der Waals surface area contributed by atoms with Gasteiger partial charge in [-0.05, 0) is 38.5 Å². The van der Waals surface area contributed by atoms with Crippen molar-refractivity contribution in [2.24, 2.45) is 0 Å². The molecule has 0 bridgehead atoms. The summed E-state index contributed by atoms with van der Waals surface area (Å²) in [5.41, 5.74) is 1.94. The molecule has 21 heavy (non-hydrogen) atoms. The van der Waals surface area contributed by atoms with Gasteiger partial charge in [-0.15, -0.1) is 0 Å². The van der Waals surface area contributed by atoms with Crippen molar-refractivity contribution in [2.75, 3.05) is 7.11 Å². The van der Waals surface area contributed by atoms with Gasteiger partial charge in [-0.25, -0.2) is 4.39 Å². The van der Waals surface area contributed by atoms with E-state index in [1.165, 1.54) is 18.7 Å². The summed E-state index contributed by atoms with van der Waals surface area (Å²) in [6.07, 6.45) is 4.02. The van der Waals surface area contributed by atoms with E-state index < -0.39 is 0 Å². The quantitative estimate of drug-likeness (QED) is 0.911. The Labute approximate surface area is 125 Å². The number of benzene rings is 1. The Morgan fingerprint density at radius 1 is 1.24 bits per heavy atom. The molecule has 114 valence electrons. The van der Waals surface area contributed by atoms with Gasteiger partial charge in [0, 0.05) is 42.7 Å². The lowest BCUT2D eigenvalue weighted by Crippen LogP contribution is -2.34. The summed E-state index contributed by atoms with van der Waals surface area (Å²) < 4.78 is 20.9. The van der Waals surface area contributed by atoms with Crippen molar-refractivity contribution < 1.29 is 9.13 Å². The molecule has 1 aromatic carbocycles. The largest absolute Gasteiger partial charge is 0.497 e. The molecule has 3 nitrogen and oxygen atoms in total. The van der Waals surface area contributed by atoms with Crippen molar-refractivity contribution in [3.05, 3.63) is 53.6 Å². The molecule has 1 N–H and O–H groups in total. The van der Waals surface area contributed by atoms with Crippen LogP contribution in [0.4, 0.5) is 4.39 Å². The molecule has 0 aliphatic heterocycles. The van der Waals surface area contributed by atoms with E-state index in [4.69, 9.17) is 4.74 Å². The normalized spacial score (nSPS) is 11.7. The number of aromatic nitrogens is 1. The summed E-state index contributed by atoms with van der Waals surface area (Å²) in [7, 11) is 1.54. The van der Waals surface area contributed by atoms with Gasteiger partial charge in [0.05, 0.1) is 7.11 Å². The summed E-state index contributed by atoms with van der Waals surface area (Å²) >= 11 is 0. The van der Waals surface area contributed by atoms with E-state index in [0.717, 1.165) is 6.54 Å². The maximum Gasteiger partial charge on any atom is 0.131 e. The number of nitrogens with one attached hydrogen (secondary N) is 1. The third kappa shape index (κ3) is 4.60. The van der Waals surface area contributed by atoms with E-state index in [0.29, 0.717) is 17.9 Å². The minimum Gasteiger partial charge on any atom is -0.497 e. The molecule has 0 atom stereocenters. The van der Waals surface area contributed by atoms with Crippen molar-refractivity contribution in [3.63, 3.8) is 0 Å². The Balaban J connectivity index is 2.02. The fourth-order valence-corrected chi connectivity index (χ4v) is 2.04. The molecule has 0 saturated carbocycles. The van der Waals surface area contributed by atoms with Gasteiger partial charge in [0.15, 0.2) is 0 Å². The van der Waals surface area contributed by atoms with Crippen LogP contribution in [0.25, 0.3) is 0 Å². The van der Waals surface area contributed by atoms with Crippen molar-refractivity contribution in [2.45, 2.75) is 39.4 Å². The number of rotatable bonds is 5. The Morgan fingerprint density at radius 3 is 2.62 bits per heavy atom. The van der Waals surface area contributed by atoms with Gasteiger partial charge in [0.1, 0.15) is 11.6 Å². The lowest BCUT2D eigenvalue weighted by atomic mass is 10.1. The van der Waals surface area contributed by atoms with E-state index in [9.17, 15) is 4.39 Å². The molecule has 0 aliphatic carbocycles. The molecule has 2 rings (SSSR count). The zero-order chi connectivity index (χ0) is 15.5. The zero-order valence-corrected chi connectivity index (χ0v) is 13.1. The molecule has 1 heterocycles. The first-order valence-corrected chi connectivity index (χ1v) is 7.09. The standard InChI is InChI=1S/C17H23FN2O/c1-17(2,3)19-10-13-7-8-20(11-13)12-14-5-6-15(21-4)9-16(14)18/h5-9,11,19H,10,12H2,1-4H3. The molecule has 0 fully saturated rings. The van der Waals surface area contributed by atoms with Crippen LogP contribution < -0.4 is 10.1 Å². The molecule has 0 amide bonds. The van der Waals surface area contributed by atoms with Crippen molar-refractivity contribution in [1.82, 2.24) is 9.88 Å². The lowest BCUT2D eigenvalue weighted by Gasteiger charge is -2.19. The second kappa shape index (κ2) is 6.31. The molecule has 0 radical (unpaired) electrons. The third-order valence-electron chi connectivity index (χ3n) is 3.25. The maximum absolute atomic E-state index is 13.9. The van der Waals surface area contributed by atoms with E-state index in [1.807, 2.05) is 17.0 Å². The summed E-state index contributed by atoms with van der Waals surface area (Å²) in [6, 6.07) is 7.02. The van der Waals surface area contributed by atoms with E-state index >= 15 is 0 Å². The van der Waals surface area contributed by atoms with Gasteiger partial charge in [-0.3, -0.25) is 0 Å². The first-order chi connectivity index (χ1) is 9.87. The van der Waals surface area contributed by atoms with E-state index in [-0.39, 0.29) is 11.4 Å². The van der Waals surface area contributed by atoms with Gasteiger partial charge >= 0.3 is 0 Å². The van der Waals surface area contributed by atoms with Crippen LogP contribution in [0, 0.1) is 5.82 Å². The number of ether oxygens (including phenoxy) is 1. The van der Waals surface area contributed by atoms with Crippen LogP contribution in [-0.2, 0) is 13.1 Å². The summed E-state index contributed by atoms with van der Waals surface area (Å²) in [6.45, 7) is 7.73. The average Bonchev–Trinajstić information content (AvgIpc) is 2.86. The Bertz CT molecular complexity index is 599. The topological polar surface area (TPSA) is 26.2 Å². The average molecular weight is 290 g/mol. The van der Waals surface area contributed by atoms with Crippen LogP contribution in [-0.4, -0.2) is 17.2 Å². The molecule has 4 heteroatoms. The van der Waals surface area contributed by atoms with Gasteiger partial charge in [-0.2, -0.15) is 0 Å². The van der Waals surface area contributed by atoms with Crippen LogP contribution in [0.5, 0.6) is 5.75 Å². The Kier molecular flexibility index (Phi) is 4.68. The van der Waals surface area contributed by atoms with Crippen molar-refractivity contribution in [3.8, 4) is 5.75 Å². The van der Waals surface area contributed by atoms with Crippen LogP contribution in [0.2, 0.25) is 0 Å². The smallest absolute Gasteiger partial charge is 0.131 e. The van der Waals surface area contributed by atoms with Gasteiger partial charge in [-0.1, -0.05) is 6.07 Å². The van der Waals surface area contributed by atoms with E-state index in [2.05, 4.69) is 32.2 Å². The summed E-state index contributed by atoms with van der Waals surface area (Å²) in [5.74, 6) is 0.302. The molecule has 0 aliphatic rings. The van der Waals surface area contributed by atoms with E-state index in [1.54, 1.807) is 12.1 Å². The number of halogens is 1. The fourth-order valence-electron chi connectivity index (χ4n) is 2.04. The summed E-state index contributed by atoms with van der Waals surface area (Å²) in [5, 5.41) is 3.44. The molecule has 0 unspecified atom stereocenters. The Morgan fingerprint density at radius 2 is 2.00 bits per heavy atom. The molecule has 2 aromatic rings. The number of hydrogen-bond acceptors (Lipinski definition) is 2. The Hall–Kier alpha value is -1.81. The minimum absolute atomic E-state index is 0.0875. The molecule has 0 spiro atoms. The first kappa shape index (κ1) is 15.6. The second-order valence-electron chi connectivity index (χ2n) is 6.25. The second-order valence-corrected chi connectivity index (χ2v) is 6.25. The van der Waals surface area contributed by atoms with Crippen LogP contribution in [0.1, 0.15) is 31.9 Å². The highest BCUT2D eigenvalue weighted by Gasteiger charge is 2.09. The molecule has 1 aromatic heterocycles. The fraction of sp³-hybridized carbons (Fsp3) is 0.412. The highest BCUT2D eigenvalue weighted by molar-refractivity contribution is 5.29. The van der Waals surface area contributed by atoms with Crippen molar-refractivity contribution >= 4 is 0 Å². The minimum atomic E-state index is -0.239. The predicted octanol–water partition coefficient (Wildman–Crippen LogP) is 3.57. The first-order valence-electron chi connectivity index (χ1n) is 7.09. The lowest BCUT2D eigenvalue weighted by molar-refractivity contribution is 0.410. The molecular weight excluding hydrogens is 267 g/mol. The SMILES string of the molecule is COc1ccc(Cn2ccc(CNC(C)(C)C)c2)c(F)c1. The molecule has 0 saturated heterocycles. The zero-order valence-electron chi connectivity index (χ0n) is 13.1. The number of methoxy groups -OCH3 is 1. The maximum atomic E-state index is 13.9. The highest BCUT2D eigenvalue weighted by atomic mass is 19.1. The number of nitrogens with zero attached hydrogens (tertiary/aromatic N) is 1. The van der Waals surface area contributed by atoms with Gasteiger partial charge < -0.3 is 14.6 Å². The third-order valence-corrected chi connectivity index (χ3v) is 3.25. The monoisotopic (exact) mass is 290 g/mol.